The molecule has 0 saturated carbocycles. The molecule has 2 heterocycles. The Bertz CT molecular complexity index is 999. The third kappa shape index (κ3) is 4.56. The molecule has 0 fully saturated rings. The average molecular weight is 437 g/mol. The van der Waals surface area contributed by atoms with Gasteiger partial charge in [0, 0.05) is 11.6 Å². The maximum absolute atomic E-state index is 12.5. The summed E-state index contributed by atoms with van der Waals surface area (Å²) in [4.78, 5) is 18.1. The Morgan fingerprint density at radius 1 is 0.889 bits per heavy atom. The maximum Gasteiger partial charge on any atom is 0.287 e. The zero-order valence-electron chi connectivity index (χ0n) is 14.5. The molecule has 2 aromatic carbocycles. The summed E-state index contributed by atoms with van der Waals surface area (Å²) in [6.07, 6.45) is 3.61. The fraction of sp³-hybridized carbons (Fsp3) is 0.0455. The Labute approximate surface area is 172 Å². The van der Waals surface area contributed by atoms with Crippen LogP contribution in [0, 0.1) is 0 Å². The first-order valence-corrected chi connectivity index (χ1v) is 9.25. The third-order valence-electron chi connectivity index (χ3n) is 4.18. The van der Waals surface area contributed by atoms with E-state index in [1.54, 1.807) is 17.7 Å². The number of benzene rings is 2. The largest absolute Gasteiger partial charge is 1.00 e. The lowest BCUT2D eigenvalue weighted by Crippen LogP contribution is -3.00. The molecule has 2 aromatic heterocycles. The molecule has 27 heavy (non-hydrogen) atoms. The molecule has 4 aromatic rings. The van der Waals surface area contributed by atoms with Gasteiger partial charge in [-0.25, -0.2) is 4.57 Å². The van der Waals surface area contributed by atoms with E-state index in [9.17, 15) is 4.79 Å². The van der Waals surface area contributed by atoms with Crippen molar-refractivity contribution in [1.82, 2.24) is 4.98 Å². The second-order valence-corrected chi connectivity index (χ2v) is 6.91. The van der Waals surface area contributed by atoms with Crippen molar-refractivity contribution in [3.05, 3.63) is 96.3 Å². The van der Waals surface area contributed by atoms with Crippen LogP contribution in [0.15, 0.2) is 90.7 Å². The molecule has 0 amide bonds. The number of hydrogen-bond acceptors (Lipinski definition) is 3. The maximum atomic E-state index is 12.5. The summed E-state index contributed by atoms with van der Waals surface area (Å²) < 4.78 is 1.81. The van der Waals surface area contributed by atoms with Gasteiger partial charge in [-0.3, -0.25) is 4.79 Å². The van der Waals surface area contributed by atoms with Crippen LogP contribution in [0.25, 0.3) is 21.7 Å². The summed E-state index contributed by atoms with van der Waals surface area (Å²) in [5.41, 5.74) is 3.89. The molecule has 3 nitrogen and oxygen atoms in total. The second-order valence-electron chi connectivity index (χ2n) is 5.96. The summed E-state index contributed by atoms with van der Waals surface area (Å²) in [7, 11) is 0. The van der Waals surface area contributed by atoms with Gasteiger partial charge in [0.1, 0.15) is 0 Å². The van der Waals surface area contributed by atoms with Gasteiger partial charge < -0.3 is 17.0 Å². The van der Waals surface area contributed by atoms with E-state index in [0.29, 0.717) is 5.56 Å². The van der Waals surface area contributed by atoms with E-state index >= 15 is 0 Å². The van der Waals surface area contributed by atoms with Gasteiger partial charge in [-0.2, -0.15) is 0 Å². The molecule has 0 radical (unpaired) electrons. The van der Waals surface area contributed by atoms with Crippen molar-refractivity contribution >= 4 is 17.1 Å². The first-order chi connectivity index (χ1) is 12.8. The lowest BCUT2D eigenvalue weighted by atomic mass is 10.0. The number of hydrogen-bond donors (Lipinski definition) is 0. The third-order valence-corrected chi connectivity index (χ3v) is 5.08. The molecule has 5 heteroatoms. The van der Waals surface area contributed by atoms with Crippen LogP contribution < -0.4 is 21.5 Å². The molecule has 0 aliphatic heterocycles. The van der Waals surface area contributed by atoms with E-state index in [4.69, 9.17) is 0 Å². The van der Waals surface area contributed by atoms with Gasteiger partial charge in [-0.05, 0) is 27.6 Å². The molecule has 0 aliphatic rings. The molecule has 0 atom stereocenters. The van der Waals surface area contributed by atoms with E-state index in [1.807, 2.05) is 76.8 Å². The van der Waals surface area contributed by atoms with E-state index in [2.05, 4.69) is 17.1 Å². The SMILES string of the molecule is O=C(C[n+]1ccc(-c2cccs2)nc1)c1ccc(-c2ccccc2)cc1.[Br-]. The molecule has 134 valence electrons. The lowest BCUT2D eigenvalue weighted by Gasteiger charge is -2.04. The summed E-state index contributed by atoms with van der Waals surface area (Å²) in [6.45, 7) is 0.280. The fourth-order valence-electron chi connectivity index (χ4n) is 2.78. The van der Waals surface area contributed by atoms with Crippen molar-refractivity contribution in [2.45, 2.75) is 6.54 Å². The minimum Gasteiger partial charge on any atom is -1.00 e. The van der Waals surface area contributed by atoms with Gasteiger partial charge >= 0.3 is 0 Å². The molecule has 0 N–H and O–H groups in total. The first-order valence-electron chi connectivity index (χ1n) is 8.37. The molecular formula is C22H17BrN2OS. The fourth-order valence-corrected chi connectivity index (χ4v) is 3.49. The van der Waals surface area contributed by atoms with Crippen molar-refractivity contribution in [3.63, 3.8) is 0 Å². The van der Waals surface area contributed by atoms with Crippen LogP contribution in [0.3, 0.4) is 0 Å². The van der Waals surface area contributed by atoms with Gasteiger partial charge in [0.15, 0.2) is 12.2 Å². The number of aromatic nitrogens is 2. The summed E-state index contributed by atoms with van der Waals surface area (Å²) >= 11 is 1.65. The predicted molar refractivity (Wildman–Crippen MR) is 104 cm³/mol. The normalized spacial score (nSPS) is 10.2. The number of Topliss-reactive ketones (excluding diaryl/α,β-unsaturated/α-hetero) is 1. The Morgan fingerprint density at radius 2 is 1.63 bits per heavy atom. The molecule has 0 unspecified atom stereocenters. The molecule has 0 bridgehead atoms. The van der Waals surface area contributed by atoms with Crippen LogP contribution in [0.4, 0.5) is 0 Å². The number of rotatable bonds is 5. The van der Waals surface area contributed by atoms with Crippen molar-refractivity contribution in [2.75, 3.05) is 0 Å². The molecule has 0 saturated heterocycles. The quantitative estimate of drug-likeness (QED) is 0.352. The zero-order chi connectivity index (χ0) is 17.8. The molecule has 0 aliphatic carbocycles. The molecule has 0 spiro atoms. The smallest absolute Gasteiger partial charge is 0.287 e. The Kier molecular flexibility index (Phi) is 6.27. The summed E-state index contributed by atoms with van der Waals surface area (Å²) in [5.74, 6) is 0.0697. The average Bonchev–Trinajstić information content (AvgIpc) is 3.24. The van der Waals surface area contributed by atoms with E-state index < -0.39 is 0 Å². The summed E-state index contributed by atoms with van der Waals surface area (Å²) in [5, 5.41) is 2.03. The van der Waals surface area contributed by atoms with Gasteiger partial charge in [0.25, 0.3) is 6.33 Å². The summed E-state index contributed by atoms with van der Waals surface area (Å²) in [6, 6.07) is 23.9. The van der Waals surface area contributed by atoms with Crippen LogP contribution in [-0.4, -0.2) is 10.8 Å². The van der Waals surface area contributed by atoms with Gasteiger partial charge in [0.2, 0.25) is 5.78 Å². The van der Waals surface area contributed by atoms with Crippen LogP contribution in [0.1, 0.15) is 10.4 Å². The number of nitrogens with zero attached hydrogens (tertiary/aromatic N) is 2. The van der Waals surface area contributed by atoms with Crippen molar-refractivity contribution in [3.8, 4) is 21.7 Å². The van der Waals surface area contributed by atoms with Gasteiger partial charge in [0.05, 0.1) is 11.1 Å². The highest BCUT2D eigenvalue weighted by atomic mass is 79.9. The number of ketones is 1. The van der Waals surface area contributed by atoms with Gasteiger partial charge in [-0.1, -0.05) is 60.7 Å². The van der Waals surface area contributed by atoms with Crippen molar-refractivity contribution < 1.29 is 26.3 Å². The van der Waals surface area contributed by atoms with Crippen LogP contribution in [0.2, 0.25) is 0 Å². The van der Waals surface area contributed by atoms with Crippen LogP contribution >= 0.6 is 11.3 Å². The molecule has 4 rings (SSSR count). The number of thiophene rings is 1. The topological polar surface area (TPSA) is 33.8 Å². The van der Waals surface area contributed by atoms with E-state index in [1.165, 1.54) is 0 Å². The lowest BCUT2D eigenvalue weighted by molar-refractivity contribution is -0.686. The Morgan fingerprint density at radius 3 is 2.26 bits per heavy atom. The number of halogens is 1. The van der Waals surface area contributed by atoms with Gasteiger partial charge in [-0.15, -0.1) is 11.3 Å². The van der Waals surface area contributed by atoms with Crippen molar-refractivity contribution in [2.24, 2.45) is 0 Å². The Hall–Kier alpha value is -2.63. The zero-order valence-corrected chi connectivity index (χ0v) is 16.9. The van der Waals surface area contributed by atoms with Crippen molar-refractivity contribution in [1.29, 1.82) is 0 Å². The number of carbonyl (C=O) groups is 1. The number of carbonyl (C=O) groups excluding carboxylic acids is 1. The minimum atomic E-state index is 0. The standard InChI is InChI=1S/C22H17N2OS.BrH/c25-21(15-24-13-12-20(23-16-24)22-7-4-14-26-22)19-10-8-18(9-11-19)17-5-2-1-3-6-17;/h1-14,16H,15H2;1H/q+1;/p-1. The first kappa shape index (κ1) is 19.1. The molecular weight excluding hydrogens is 420 g/mol. The Balaban J connectivity index is 0.00000210. The van der Waals surface area contributed by atoms with E-state index in [-0.39, 0.29) is 29.3 Å². The van der Waals surface area contributed by atoms with E-state index in [0.717, 1.165) is 21.7 Å². The minimum absolute atomic E-state index is 0. The van der Waals surface area contributed by atoms with Crippen LogP contribution in [0.5, 0.6) is 0 Å². The predicted octanol–water partition coefficient (Wildman–Crippen LogP) is 1.65. The second kappa shape index (κ2) is 8.84. The monoisotopic (exact) mass is 436 g/mol. The highest BCUT2D eigenvalue weighted by Gasteiger charge is 2.12. The van der Waals surface area contributed by atoms with Crippen LogP contribution in [-0.2, 0) is 6.54 Å². The highest BCUT2D eigenvalue weighted by Crippen LogP contribution is 2.21. The highest BCUT2D eigenvalue weighted by molar-refractivity contribution is 7.13.